The van der Waals surface area contributed by atoms with Crippen LogP contribution in [-0.2, 0) is 6.54 Å². The molecule has 4 nitrogen and oxygen atoms in total. The predicted molar refractivity (Wildman–Crippen MR) is 84.8 cm³/mol. The molecule has 1 amide bonds. The molecule has 0 saturated carbocycles. The molecule has 1 heterocycles. The zero-order chi connectivity index (χ0) is 16.4. The number of nitrogens with one attached hydrogen (secondary N) is 1. The Morgan fingerprint density at radius 1 is 1.17 bits per heavy atom. The van der Waals surface area contributed by atoms with Crippen LogP contribution in [0.3, 0.4) is 0 Å². The van der Waals surface area contributed by atoms with Gasteiger partial charge < -0.3 is 9.73 Å². The van der Waals surface area contributed by atoms with Gasteiger partial charge in [0.25, 0.3) is 5.91 Å². The van der Waals surface area contributed by atoms with Gasteiger partial charge in [0.2, 0.25) is 0 Å². The van der Waals surface area contributed by atoms with Crippen LogP contribution < -0.4 is 10.9 Å². The van der Waals surface area contributed by atoms with E-state index in [1.807, 2.05) is 19.1 Å². The first kappa shape index (κ1) is 15.0. The normalized spacial score (nSPS) is 10.7. The summed E-state index contributed by atoms with van der Waals surface area (Å²) in [6.07, 6.45) is 0. The van der Waals surface area contributed by atoms with Gasteiger partial charge in [-0.2, -0.15) is 0 Å². The van der Waals surface area contributed by atoms with Crippen LogP contribution in [0.25, 0.3) is 11.0 Å². The lowest BCUT2D eigenvalue weighted by Crippen LogP contribution is -2.23. The van der Waals surface area contributed by atoms with Gasteiger partial charge in [-0.15, -0.1) is 0 Å². The highest BCUT2D eigenvalue weighted by Gasteiger charge is 2.09. The van der Waals surface area contributed by atoms with Crippen LogP contribution in [0.1, 0.15) is 21.5 Å². The maximum Gasteiger partial charge on any atom is 0.336 e. The summed E-state index contributed by atoms with van der Waals surface area (Å²) < 4.78 is 18.3. The highest BCUT2D eigenvalue weighted by molar-refractivity contribution is 5.94. The molecule has 1 N–H and O–H groups in total. The number of fused-ring (bicyclic) bond motifs is 1. The van der Waals surface area contributed by atoms with E-state index < -0.39 is 17.3 Å². The molecule has 116 valence electrons. The fraction of sp³-hybridized carbons (Fsp3) is 0.111. The Labute approximate surface area is 131 Å². The lowest BCUT2D eigenvalue weighted by molar-refractivity contribution is 0.0950. The summed E-state index contributed by atoms with van der Waals surface area (Å²) in [5.41, 5.74) is 1.86. The van der Waals surface area contributed by atoms with Crippen molar-refractivity contribution in [2.75, 3.05) is 0 Å². The molecule has 0 unspecified atom stereocenters. The minimum atomic E-state index is -0.474. The molecule has 0 saturated heterocycles. The maximum absolute atomic E-state index is 13.2. The molecule has 3 aromatic rings. The summed E-state index contributed by atoms with van der Waals surface area (Å²) in [6.45, 7) is 2.05. The van der Waals surface area contributed by atoms with Crippen LogP contribution >= 0.6 is 0 Å². The second-order valence-corrected chi connectivity index (χ2v) is 5.28. The molecule has 3 rings (SSSR count). The number of carbonyl (C=O) groups is 1. The van der Waals surface area contributed by atoms with Gasteiger partial charge >= 0.3 is 5.63 Å². The quantitative estimate of drug-likeness (QED) is 0.756. The molecule has 1 aromatic heterocycles. The zero-order valence-electron chi connectivity index (χ0n) is 12.4. The fourth-order valence-electron chi connectivity index (χ4n) is 2.39. The third-order valence-electron chi connectivity index (χ3n) is 3.51. The second kappa shape index (κ2) is 6.04. The van der Waals surface area contributed by atoms with E-state index in [0.717, 1.165) is 17.0 Å². The summed E-state index contributed by atoms with van der Waals surface area (Å²) in [7, 11) is 0. The molecule has 23 heavy (non-hydrogen) atoms. The maximum atomic E-state index is 13.2. The van der Waals surface area contributed by atoms with E-state index in [1.54, 1.807) is 6.07 Å². The number of amides is 1. The number of hydrogen-bond donors (Lipinski definition) is 1. The minimum Gasteiger partial charge on any atom is -0.423 e. The van der Waals surface area contributed by atoms with Gasteiger partial charge in [0.15, 0.2) is 0 Å². The van der Waals surface area contributed by atoms with Gasteiger partial charge in [-0.3, -0.25) is 4.79 Å². The van der Waals surface area contributed by atoms with Crippen LogP contribution in [0, 0.1) is 12.7 Å². The van der Waals surface area contributed by atoms with E-state index in [0.29, 0.717) is 11.1 Å². The molecule has 0 atom stereocenters. The molecule has 0 radical (unpaired) electrons. The Balaban J connectivity index is 1.87. The van der Waals surface area contributed by atoms with Crippen molar-refractivity contribution in [2.45, 2.75) is 13.5 Å². The first-order valence-electron chi connectivity index (χ1n) is 7.10. The van der Waals surface area contributed by atoms with Crippen molar-refractivity contribution in [3.63, 3.8) is 0 Å². The predicted octanol–water partition coefficient (Wildman–Crippen LogP) is 3.17. The molecular weight excluding hydrogens is 297 g/mol. The average Bonchev–Trinajstić information content (AvgIpc) is 2.51. The van der Waals surface area contributed by atoms with Crippen molar-refractivity contribution >= 4 is 16.9 Å². The van der Waals surface area contributed by atoms with E-state index in [2.05, 4.69) is 5.32 Å². The van der Waals surface area contributed by atoms with Gasteiger partial charge in [-0.25, -0.2) is 9.18 Å². The van der Waals surface area contributed by atoms with Crippen molar-refractivity contribution in [1.82, 2.24) is 5.32 Å². The number of hydrogen-bond acceptors (Lipinski definition) is 3. The summed E-state index contributed by atoms with van der Waals surface area (Å²) >= 11 is 0. The molecule has 0 spiro atoms. The summed E-state index contributed by atoms with van der Waals surface area (Å²) in [5, 5.41) is 3.45. The van der Waals surface area contributed by atoms with Crippen molar-refractivity contribution in [3.8, 4) is 0 Å². The first-order valence-corrected chi connectivity index (χ1v) is 7.10. The molecular formula is C18H14FNO3. The Kier molecular flexibility index (Phi) is 3.93. The van der Waals surface area contributed by atoms with Crippen LogP contribution in [0.5, 0.6) is 0 Å². The van der Waals surface area contributed by atoms with E-state index in [9.17, 15) is 14.0 Å². The highest BCUT2D eigenvalue weighted by Crippen LogP contribution is 2.18. The number of halogens is 1. The Morgan fingerprint density at radius 2 is 2.00 bits per heavy atom. The van der Waals surface area contributed by atoms with Crippen molar-refractivity contribution < 1.29 is 13.6 Å². The van der Waals surface area contributed by atoms with E-state index >= 15 is 0 Å². The zero-order valence-corrected chi connectivity index (χ0v) is 12.4. The molecule has 0 fully saturated rings. The number of aryl methyl sites for hydroxylation is 1. The molecule has 5 heteroatoms. The van der Waals surface area contributed by atoms with Crippen LogP contribution in [0.15, 0.2) is 57.7 Å². The Hall–Kier alpha value is -2.95. The van der Waals surface area contributed by atoms with Crippen molar-refractivity contribution in [2.24, 2.45) is 0 Å². The van der Waals surface area contributed by atoms with Gasteiger partial charge in [0, 0.05) is 23.6 Å². The van der Waals surface area contributed by atoms with Crippen LogP contribution in [-0.4, -0.2) is 5.91 Å². The third-order valence-corrected chi connectivity index (χ3v) is 3.51. The minimum absolute atomic E-state index is 0.153. The van der Waals surface area contributed by atoms with Gasteiger partial charge in [0.1, 0.15) is 11.4 Å². The average molecular weight is 311 g/mol. The number of rotatable bonds is 3. The van der Waals surface area contributed by atoms with E-state index in [4.69, 9.17) is 4.42 Å². The smallest absolute Gasteiger partial charge is 0.336 e. The van der Waals surface area contributed by atoms with Crippen LogP contribution in [0.4, 0.5) is 4.39 Å². The van der Waals surface area contributed by atoms with E-state index in [-0.39, 0.29) is 12.1 Å². The van der Waals surface area contributed by atoms with E-state index in [1.165, 1.54) is 24.3 Å². The largest absolute Gasteiger partial charge is 0.423 e. The molecule has 2 aromatic carbocycles. The standard InChI is InChI=1S/C18H14FNO3/c1-11-5-6-15-13(9-17(21)23-16(15)7-11)10-20-18(22)12-3-2-4-14(19)8-12/h2-9H,10H2,1H3,(H,20,22). The summed E-state index contributed by atoms with van der Waals surface area (Å²) in [4.78, 5) is 23.7. The van der Waals surface area contributed by atoms with Gasteiger partial charge in [-0.05, 0) is 42.3 Å². The number of carbonyl (C=O) groups excluding carboxylic acids is 1. The lowest BCUT2D eigenvalue weighted by atomic mass is 10.1. The summed E-state index contributed by atoms with van der Waals surface area (Å²) in [5.74, 6) is -0.878. The SMILES string of the molecule is Cc1ccc2c(CNC(=O)c3cccc(F)c3)cc(=O)oc2c1. The molecule has 0 aliphatic carbocycles. The first-order chi connectivity index (χ1) is 11.0. The Bertz CT molecular complexity index is 946. The lowest BCUT2D eigenvalue weighted by Gasteiger charge is -2.08. The summed E-state index contributed by atoms with van der Waals surface area (Å²) in [6, 6.07) is 12.3. The third kappa shape index (κ3) is 3.29. The van der Waals surface area contributed by atoms with Gasteiger partial charge in [0.05, 0.1) is 0 Å². The second-order valence-electron chi connectivity index (χ2n) is 5.28. The number of benzene rings is 2. The molecule has 0 aliphatic rings. The van der Waals surface area contributed by atoms with Gasteiger partial charge in [-0.1, -0.05) is 18.2 Å². The topological polar surface area (TPSA) is 59.3 Å². The molecule has 0 aliphatic heterocycles. The van der Waals surface area contributed by atoms with Crippen LogP contribution in [0.2, 0.25) is 0 Å². The highest BCUT2D eigenvalue weighted by atomic mass is 19.1. The fourth-order valence-corrected chi connectivity index (χ4v) is 2.39. The Morgan fingerprint density at radius 3 is 2.78 bits per heavy atom. The molecule has 0 bridgehead atoms. The van der Waals surface area contributed by atoms with Crippen molar-refractivity contribution in [3.05, 3.63) is 81.5 Å². The monoisotopic (exact) mass is 311 g/mol. The van der Waals surface area contributed by atoms with Crippen molar-refractivity contribution in [1.29, 1.82) is 0 Å².